The van der Waals surface area contributed by atoms with E-state index in [0.29, 0.717) is 0 Å². The number of piperidine rings is 1. The summed E-state index contributed by atoms with van der Waals surface area (Å²) in [6, 6.07) is 0. The van der Waals surface area contributed by atoms with Crippen molar-refractivity contribution in [3.8, 4) is 0 Å². The molecule has 0 aromatic rings. The molecular formula is C14H27NO2. The molecule has 2 aliphatic rings. The molecule has 0 spiro atoms. The maximum atomic E-state index is 11.1. The third kappa shape index (κ3) is 2.38. The molecule has 2 unspecified atom stereocenters. The van der Waals surface area contributed by atoms with Gasteiger partial charge in [-0.2, -0.15) is 0 Å². The average molecular weight is 241 g/mol. The number of rotatable bonds is 2. The van der Waals surface area contributed by atoms with Gasteiger partial charge in [0.2, 0.25) is 0 Å². The zero-order valence-corrected chi connectivity index (χ0v) is 11.3. The third-order valence-electron chi connectivity index (χ3n) is 4.98. The van der Waals surface area contributed by atoms with E-state index in [1.807, 2.05) is 0 Å². The lowest BCUT2D eigenvalue weighted by atomic mass is 9.57. The lowest BCUT2D eigenvalue weighted by Crippen LogP contribution is -2.60. The Morgan fingerprint density at radius 1 is 1.12 bits per heavy atom. The van der Waals surface area contributed by atoms with E-state index in [1.165, 1.54) is 6.42 Å². The number of aliphatic hydroxyl groups is 2. The first-order valence-corrected chi connectivity index (χ1v) is 6.97. The first-order valence-electron chi connectivity index (χ1n) is 6.97. The van der Waals surface area contributed by atoms with Gasteiger partial charge in [-0.05, 0) is 44.1 Å². The second kappa shape index (κ2) is 4.52. The van der Waals surface area contributed by atoms with Crippen LogP contribution < -0.4 is 5.32 Å². The molecule has 0 aromatic carbocycles. The molecule has 100 valence electrons. The molecule has 1 aliphatic carbocycles. The Labute approximate surface area is 105 Å². The molecule has 17 heavy (non-hydrogen) atoms. The Bertz CT molecular complexity index is 271. The molecule has 3 heteroatoms. The summed E-state index contributed by atoms with van der Waals surface area (Å²) in [5.41, 5.74) is -0.799. The first kappa shape index (κ1) is 13.3. The average Bonchev–Trinajstić information content (AvgIpc) is 2.28. The summed E-state index contributed by atoms with van der Waals surface area (Å²) in [6.07, 6.45) is 5.93. The maximum absolute atomic E-state index is 11.1. The Hall–Kier alpha value is -0.120. The van der Waals surface area contributed by atoms with E-state index in [2.05, 4.69) is 19.2 Å². The van der Waals surface area contributed by atoms with Crippen molar-refractivity contribution in [1.29, 1.82) is 0 Å². The van der Waals surface area contributed by atoms with Crippen LogP contribution in [0.5, 0.6) is 0 Å². The highest BCUT2D eigenvalue weighted by molar-refractivity contribution is 5.05. The fourth-order valence-electron chi connectivity index (χ4n) is 3.93. The van der Waals surface area contributed by atoms with Crippen molar-refractivity contribution in [2.24, 2.45) is 10.8 Å². The summed E-state index contributed by atoms with van der Waals surface area (Å²) >= 11 is 0. The van der Waals surface area contributed by atoms with Crippen LogP contribution in [0.15, 0.2) is 0 Å². The Morgan fingerprint density at radius 2 is 1.88 bits per heavy atom. The fraction of sp³-hybridized carbons (Fsp3) is 1.00. The molecular weight excluding hydrogens is 214 g/mol. The highest BCUT2D eigenvalue weighted by Crippen LogP contribution is 2.51. The minimum atomic E-state index is -0.684. The van der Waals surface area contributed by atoms with Crippen molar-refractivity contribution in [1.82, 2.24) is 5.32 Å². The minimum absolute atomic E-state index is 0.104. The van der Waals surface area contributed by atoms with Gasteiger partial charge in [0.05, 0.1) is 12.2 Å². The van der Waals surface area contributed by atoms with Crippen molar-refractivity contribution >= 4 is 0 Å². The molecule has 3 N–H and O–H groups in total. The second-order valence-electron chi connectivity index (χ2n) is 6.94. The topological polar surface area (TPSA) is 52.5 Å². The molecule has 1 heterocycles. The summed E-state index contributed by atoms with van der Waals surface area (Å²) in [4.78, 5) is 0. The molecule has 2 rings (SSSR count). The zero-order chi connectivity index (χ0) is 12.6. The monoisotopic (exact) mass is 241 g/mol. The van der Waals surface area contributed by atoms with Crippen LogP contribution >= 0.6 is 0 Å². The molecule has 0 amide bonds. The normalized spacial score (nSPS) is 42.4. The van der Waals surface area contributed by atoms with Gasteiger partial charge in [0.1, 0.15) is 0 Å². The molecule has 0 radical (unpaired) electrons. The number of nitrogens with one attached hydrogen (secondary N) is 1. The molecule has 0 bridgehead atoms. The summed E-state index contributed by atoms with van der Waals surface area (Å²) in [5, 5.41) is 24.3. The number of aliphatic hydroxyl groups excluding tert-OH is 1. The minimum Gasteiger partial charge on any atom is -0.396 e. The second-order valence-corrected chi connectivity index (χ2v) is 6.94. The van der Waals surface area contributed by atoms with Gasteiger partial charge in [0.15, 0.2) is 0 Å². The molecule has 2 fully saturated rings. The van der Waals surface area contributed by atoms with Crippen molar-refractivity contribution in [2.75, 3.05) is 19.7 Å². The Balaban J connectivity index is 2.22. The van der Waals surface area contributed by atoms with Gasteiger partial charge in [-0.1, -0.05) is 20.3 Å². The number of hydrogen-bond acceptors (Lipinski definition) is 3. The van der Waals surface area contributed by atoms with E-state index < -0.39 is 5.60 Å². The van der Waals surface area contributed by atoms with Crippen molar-refractivity contribution in [3.05, 3.63) is 0 Å². The van der Waals surface area contributed by atoms with Gasteiger partial charge >= 0.3 is 0 Å². The van der Waals surface area contributed by atoms with Crippen LogP contribution in [0.3, 0.4) is 0 Å². The SMILES string of the molecule is CC1(C)CCCC(O)(C2(CO)CCCNC2)C1. The predicted molar refractivity (Wildman–Crippen MR) is 68.8 cm³/mol. The summed E-state index contributed by atoms with van der Waals surface area (Å²) in [5.74, 6) is 0. The molecule has 1 aliphatic heterocycles. The highest BCUT2D eigenvalue weighted by Gasteiger charge is 2.53. The van der Waals surface area contributed by atoms with Crippen molar-refractivity contribution < 1.29 is 10.2 Å². The fourth-order valence-corrected chi connectivity index (χ4v) is 3.93. The van der Waals surface area contributed by atoms with Gasteiger partial charge in [0, 0.05) is 12.0 Å². The van der Waals surface area contributed by atoms with E-state index in [4.69, 9.17) is 0 Å². The zero-order valence-electron chi connectivity index (χ0n) is 11.3. The van der Waals surface area contributed by atoms with E-state index in [1.54, 1.807) is 0 Å². The van der Waals surface area contributed by atoms with E-state index >= 15 is 0 Å². The Morgan fingerprint density at radius 3 is 2.41 bits per heavy atom. The summed E-state index contributed by atoms with van der Waals surface area (Å²) < 4.78 is 0. The highest BCUT2D eigenvalue weighted by atomic mass is 16.3. The van der Waals surface area contributed by atoms with Crippen LogP contribution in [-0.4, -0.2) is 35.5 Å². The molecule has 1 saturated heterocycles. The quantitative estimate of drug-likeness (QED) is 0.689. The number of hydrogen-bond donors (Lipinski definition) is 3. The predicted octanol–water partition coefficient (Wildman–Crippen LogP) is 1.68. The van der Waals surface area contributed by atoms with Crippen LogP contribution in [-0.2, 0) is 0 Å². The third-order valence-corrected chi connectivity index (χ3v) is 4.98. The van der Waals surface area contributed by atoms with E-state index in [0.717, 1.165) is 45.2 Å². The smallest absolute Gasteiger partial charge is 0.0743 e. The lowest BCUT2D eigenvalue weighted by molar-refractivity contribution is -0.159. The van der Waals surface area contributed by atoms with Gasteiger partial charge in [0.25, 0.3) is 0 Å². The van der Waals surface area contributed by atoms with Crippen molar-refractivity contribution in [2.45, 2.75) is 58.0 Å². The molecule has 0 aromatic heterocycles. The summed E-state index contributed by atoms with van der Waals surface area (Å²) in [6.45, 7) is 6.35. The largest absolute Gasteiger partial charge is 0.396 e. The van der Waals surface area contributed by atoms with Gasteiger partial charge < -0.3 is 15.5 Å². The molecule has 3 nitrogen and oxygen atoms in total. The molecule has 1 saturated carbocycles. The van der Waals surface area contributed by atoms with Crippen LogP contribution in [0.2, 0.25) is 0 Å². The van der Waals surface area contributed by atoms with Gasteiger partial charge in [-0.3, -0.25) is 0 Å². The van der Waals surface area contributed by atoms with Crippen LogP contribution in [0.1, 0.15) is 52.4 Å². The van der Waals surface area contributed by atoms with Crippen LogP contribution in [0, 0.1) is 10.8 Å². The first-order chi connectivity index (χ1) is 7.93. The summed E-state index contributed by atoms with van der Waals surface area (Å²) in [7, 11) is 0. The van der Waals surface area contributed by atoms with Gasteiger partial charge in [-0.25, -0.2) is 0 Å². The van der Waals surface area contributed by atoms with Crippen LogP contribution in [0.25, 0.3) is 0 Å². The van der Waals surface area contributed by atoms with E-state index in [9.17, 15) is 10.2 Å². The van der Waals surface area contributed by atoms with Crippen molar-refractivity contribution in [3.63, 3.8) is 0 Å². The van der Waals surface area contributed by atoms with Crippen LogP contribution in [0.4, 0.5) is 0 Å². The standard InChI is InChI=1S/C14H27NO2/c1-12(2)5-3-7-14(17,9-12)13(11-16)6-4-8-15-10-13/h15-17H,3-11H2,1-2H3. The van der Waals surface area contributed by atoms with Gasteiger partial charge in [-0.15, -0.1) is 0 Å². The Kier molecular flexibility index (Phi) is 3.54. The van der Waals surface area contributed by atoms with E-state index in [-0.39, 0.29) is 17.4 Å². The molecule has 2 atom stereocenters. The lowest BCUT2D eigenvalue weighted by Gasteiger charge is -2.54. The maximum Gasteiger partial charge on any atom is 0.0743 e.